The van der Waals surface area contributed by atoms with Crippen LogP contribution in [-0.4, -0.2) is 13.2 Å². The predicted molar refractivity (Wildman–Crippen MR) is 37.7 cm³/mol. The van der Waals surface area contributed by atoms with Crippen LogP contribution in [0.3, 0.4) is 0 Å². The van der Waals surface area contributed by atoms with Crippen molar-refractivity contribution in [3.63, 3.8) is 0 Å². The standard InChI is InChI=1S/2C2H5O.2ClH.Zr/c2*1-2-3;;;/h2*2H2,1H3;2*1H;/q2*-1;;;+2. The van der Waals surface area contributed by atoms with Gasteiger partial charge in [-0.3, -0.25) is 0 Å². The van der Waals surface area contributed by atoms with Crippen LogP contribution in [0, 0.1) is 0 Å². The molecule has 0 aromatic heterocycles. The van der Waals surface area contributed by atoms with Crippen molar-refractivity contribution in [2.24, 2.45) is 0 Å². The maximum atomic E-state index is 5.02. The molecule has 0 rings (SSSR count). The van der Waals surface area contributed by atoms with Crippen LogP contribution < -0.4 is 0 Å². The van der Waals surface area contributed by atoms with Crippen LogP contribution >= 0.6 is 24.8 Å². The van der Waals surface area contributed by atoms with Crippen molar-refractivity contribution in [1.29, 1.82) is 0 Å². The molecule has 2 nitrogen and oxygen atoms in total. The number of hydrogen-bond acceptors (Lipinski definition) is 2. The van der Waals surface area contributed by atoms with Crippen LogP contribution in [0.4, 0.5) is 0 Å². The minimum atomic E-state index is -0.819. The Balaban J connectivity index is -0.000000180. The largest absolute Gasteiger partial charge is 0.147 e. The maximum Gasteiger partial charge on any atom is -0.147 e. The summed E-state index contributed by atoms with van der Waals surface area (Å²) in [5.41, 5.74) is 0. The number of hydrogen-bond donors (Lipinski definition) is 0. The van der Waals surface area contributed by atoms with E-state index in [1.54, 1.807) is 0 Å². The molecule has 0 aromatic rings. The molecule has 0 aliphatic rings. The average Bonchev–Trinajstić information content (AvgIpc) is 1.69. The Morgan fingerprint density at radius 1 is 1.00 bits per heavy atom. The van der Waals surface area contributed by atoms with Gasteiger partial charge >= 0.3 is 56.8 Å². The van der Waals surface area contributed by atoms with Crippen molar-refractivity contribution >= 4 is 24.8 Å². The fourth-order valence-electron chi connectivity index (χ4n) is 0.160. The normalized spacial score (nSPS) is 6.89. The first-order valence-corrected chi connectivity index (χ1v) is 4.41. The Morgan fingerprint density at radius 2 is 1.33 bits per heavy atom. The van der Waals surface area contributed by atoms with Gasteiger partial charge in [0.25, 0.3) is 0 Å². The maximum absolute atomic E-state index is 5.02. The van der Waals surface area contributed by atoms with Gasteiger partial charge in [-0.05, 0) is 0 Å². The molecule has 5 heteroatoms. The molecule has 0 aliphatic carbocycles. The van der Waals surface area contributed by atoms with Crippen molar-refractivity contribution in [3.8, 4) is 0 Å². The van der Waals surface area contributed by atoms with E-state index < -0.39 is 24.1 Å². The molecule has 0 aliphatic heterocycles. The molecule has 0 spiro atoms. The van der Waals surface area contributed by atoms with E-state index in [0.717, 1.165) is 13.2 Å². The molecule has 0 atom stereocenters. The summed E-state index contributed by atoms with van der Waals surface area (Å²) in [5, 5.41) is 0. The Labute approximate surface area is 81.3 Å². The van der Waals surface area contributed by atoms with Crippen LogP contribution in [0.25, 0.3) is 0 Å². The summed E-state index contributed by atoms with van der Waals surface area (Å²) in [6, 6.07) is 0. The molecule has 0 aromatic carbocycles. The minimum Gasteiger partial charge on any atom is -0.147 e. The van der Waals surface area contributed by atoms with Crippen molar-refractivity contribution in [2.45, 2.75) is 13.8 Å². The molecule has 0 saturated carbocycles. The first kappa shape index (κ1) is 16.8. The van der Waals surface area contributed by atoms with E-state index in [4.69, 9.17) is 5.63 Å². The second-order valence-electron chi connectivity index (χ2n) is 0.949. The molecule has 0 saturated heterocycles. The topological polar surface area (TPSA) is 18.5 Å². The van der Waals surface area contributed by atoms with E-state index in [0.29, 0.717) is 0 Å². The fourth-order valence-corrected chi connectivity index (χ4v) is 0.944. The van der Waals surface area contributed by atoms with E-state index in [-0.39, 0.29) is 24.8 Å². The van der Waals surface area contributed by atoms with Crippen LogP contribution in [0.15, 0.2) is 0 Å². The zero-order chi connectivity index (χ0) is 5.54. The molecule has 0 amide bonds. The molecular formula is C4H12Cl2O2Zr. The van der Waals surface area contributed by atoms with Gasteiger partial charge in [0.2, 0.25) is 0 Å². The monoisotopic (exact) mass is 252 g/mol. The zero-order valence-electron chi connectivity index (χ0n) is 5.55. The third kappa shape index (κ3) is 17.7. The second-order valence-corrected chi connectivity index (χ2v) is 2.78. The molecule has 0 radical (unpaired) electrons. The van der Waals surface area contributed by atoms with Gasteiger partial charge in [0, 0.05) is 0 Å². The molecule has 58 valence electrons. The van der Waals surface area contributed by atoms with Crippen LogP contribution in [-0.2, 0) is 29.7 Å². The molecule has 0 fully saturated rings. The number of halogens is 2. The summed E-state index contributed by atoms with van der Waals surface area (Å²) in [6.07, 6.45) is 0. The number of rotatable bonds is 4. The smallest absolute Gasteiger partial charge is 0.147 e. The predicted octanol–water partition coefficient (Wildman–Crippen LogP) is 1.82. The van der Waals surface area contributed by atoms with E-state index in [1.165, 1.54) is 0 Å². The molecule has 0 N–H and O–H groups in total. The summed E-state index contributed by atoms with van der Waals surface area (Å²) in [5.74, 6) is 0. The van der Waals surface area contributed by atoms with Crippen LogP contribution in [0.1, 0.15) is 13.8 Å². The minimum absolute atomic E-state index is 0. The van der Waals surface area contributed by atoms with E-state index in [1.807, 2.05) is 13.8 Å². The molecule has 9 heavy (non-hydrogen) atoms. The molecule has 0 bridgehead atoms. The third-order valence-electron chi connectivity index (χ3n) is 0.407. The summed E-state index contributed by atoms with van der Waals surface area (Å²) in [6.45, 7) is 5.60. The van der Waals surface area contributed by atoms with Gasteiger partial charge in [0.05, 0.1) is 0 Å². The van der Waals surface area contributed by atoms with Gasteiger partial charge in [-0.1, -0.05) is 0 Å². The first-order chi connectivity index (χ1) is 3.41. The Hall–Kier alpha value is 1.38. The van der Waals surface area contributed by atoms with Crippen molar-refractivity contribution in [2.75, 3.05) is 13.2 Å². The summed E-state index contributed by atoms with van der Waals surface area (Å²) >= 11 is -0.819. The Morgan fingerprint density at radius 3 is 1.56 bits per heavy atom. The first-order valence-electron chi connectivity index (χ1n) is 2.40. The summed E-state index contributed by atoms with van der Waals surface area (Å²) in [4.78, 5) is 0. The van der Waals surface area contributed by atoms with Gasteiger partial charge < -0.3 is 0 Å². The summed E-state index contributed by atoms with van der Waals surface area (Å²) in [7, 11) is 0. The second kappa shape index (κ2) is 16.2. The van der Waals surface area contributed by atoms with Crippen molar-refractivity contribution < 1.29 is 29.7 Å². The van der Waals surface area contributed by atoms with E-state index in [2.05, 4.69) is 0 Å². The zero-order valence-corrected chi connectivity index (χ0v) is 9.64. The molecule has 0 unspecified atom stereocenters. The van der Waals surface area contributed by atoms with Gasteiger partial charge in [-0.25, -0.2) is 0 Å². The Bertz CT molecular complexity index is 35.7. The fraction of sp³-hybridized carbons (Fsp3) is 1.00. The quantitative estimate of drug-likeness (QED) is 0.712. The molecular weight excluding hydrogens is 242 g/mol. The van der Waals surface area contributed by atoms with Crippen LogP contribution in [0.5, 0.6) is 0 Å². The third-order valence-corrected chi connectivity index (χ3v) is 2.41. The molecule has 0 heterocycles. The Kier molecular flexibility index (Phi) is 30.2. The average molecular weight is 254 g/mol. The SMILES string of the molecule is CC[O][Zr][O]CC.Cl.Cl. The van der Waals surface area contributed by atoms with Gasteiger partial charge in [0.15, 0.2) is 0 Å². The van der Waals surface area contributed by atoms with Crippen LogP contribution in [0.2, 0.25) is 0 Å². The summed E-state index contributed by atoms with van der Waals surface area (Å²) < 4.78 is 10.0. The van der Waals surface area contributed by atoms with Crippen molar-refractivity contribution in [3.05, 3.63) is 0 Å². The van der Waals surface area contributed by atoms with Gasteiger partial charge in [-0.2, -0.15) is 0 Å². The van der Waals surface area contributed by atoms with Gasteiger partial charge in [-0.15, -0.1) is 24.8 Å². The van der Waals surface area contributed by atoms with E-state index >= 15 is 0 Å². The van der Waals surface area contributed by atoms with Crippen molar-refractivity contribution in [1.82, 2.24) is 0 Å². The van der Waals surface area contributed by atoms with Gasteiger partial charge in [0.1, 0.15) is 0 Å². The van der Waals surface area contributed by atoms with E-state index in [9.17, 15) is 0 Å².